The number of halogens is 1. The first-order chi connectivity index (χ1) is 11.7. The van der Waals surface area contributed by atoms with Crippen molar-refractivity contribution < 1.29 is 9.47 Å². The summed E-state index contributed by atoms with van der Waals surface area (Å²) in [6.45, 7) is 2.38. The molecule has 0 spiro atoms. The molecule has 1 aliphatic heterocycles. The van der Waals surface area contributed by atoms with Crippen molar-refractivity contribution in [3.63, 3.8) is 0 Å². The molecule has 0 amide bonds. The Morgan fingerprint density at radius 2 is 2.21 bits per heavy atom. The fraction of sp³-hybridized carbons (Fsp3) is 0.500. The Morgan fingerprint density at radius 1 is 1.42 bits per heavy atom. The van der Waals surface area contributed by atoms with Crippen LogP contribution in [-0.4, -0.2) is 29.9 Å². The topological polar surface area (TPSA) is 48.3 Å². The highest BCUT2D eigenvalue weighted by molar-refractivity contribution is 6.32. The lowest BCUT2D eigenvalue weighted by Gasteiger charge is -2.30. The van der Waals surface area contributed by atoms with Gasteiger partial charge in [0.1, 0.15) is 11.6 Å². The van der Waals surface area contributed by atoms with Gasteiger partial charge in [0.2, 0.25) is 0 Å². The highest BCUT2D eigenvalue weighted by atomic mass is 35.5. The van der Waals surface area contributed by atoms with E-state index < -0.39 is 0 Å². The lowest BCUT2D eigenvalue weighted by atomic mass is 9.91. The molecule has 1 fully saturated rings. The molecule has 0 radical (unpaired) electrons. The fourth-order valence-electron chi connectivity index (χ4n) is 3.24. The second-order valence-electron chi connectivity index (χ2n) is 6.17. The third kappa shape index (κ3) is 3.91. The molecule has 1 aliphatic rings. The number of aromatic nitrogens is 2. The van der Waals surface area contributed by atoms with Crippen LogP contribution < -0.4 is 10.1 Å². The van der Waals surface area contributed by atoms with Crippen LogP contribution in [0.3, 0.4) is 0 Å². The minimum absolute atomic E-state index is 0.203. The molecule has 1 saturated heterocycles. The highest BCUT2D eigenvalue weighted by Crippen LogP contribution is 2.30. The van der Waals surface area contributed by atoms with Gasteiger partial charge in [-0.3, -0.25) is 0 Å². The Hall–Kier alpha value is -1.56. The van der Waals surface area contributed by atoms with Gasteiger partial charge in [-0.1, -0.05) is 17.7 Å². The summed E-state index contributed by atoms with van der Waals surface area (Å²) >= 11 is 6.23. The molecule has 2 aromatic rings. The summed E-state index contributed by atoms with van der Waals surface area (Å²) in [5, 5.41) is 4.31. The van der Waals surface area contributed by atoms with Crippen molar-refractivity contribution in [2.45, 2.75) is 25.4 Å². The number of nitrogens with one attached hydrogen (secondary N) is 1. The van der Waals surface area contributed by atoms with Crippen LogP contribution in [0.5, 0.6) is 5.75 Å². The van der Waals surface area contributed by atoms with Gasteiger partial charge >= 0.3 is 0 Å². The van der Waals surface area contributed by atoms with Crippen molar-refractivity contribution in [1.82, 2.24) is 14.9 Å². The van der Waals surface area contributed by atoms with E-state index in [-0.39, 0.29) is 6.04 Å². The third-order valence-corrected chi connectivity index (χ3v) is 4.91. The van der Waals surface area contributed by atoms with Crippen LogP contribution in [0.1, 0.15) is 30.3 Å². The third-order valence-electron chi connectivity index (χ3n) is 4.62. The quantitative estimate of drug-likeness (QED) is 0.869. The van der Waals surface area contributed by atoms with Gasteiger partial charge in [-0.05, 0) is 36.5 Å². The Labute approximate surface area is 147 Å². The number of methoxy groups -OCH3 is 1. The van der Waals surface area contributed by atoms with E-state index in [1.165, 1.54) is 0 Å². The average molecular weight is 350 g/mol. The van der Waals surface area contributed by atoms with E-state index in [2.05, 4.69) is 14.9 Å². The summed E-state index contributed by atoms with van der Waals surface area (Å²) < 4.78 is 12.8. The number of rotatable bonds is 6. The Bertz CT molecular complexity index is 668. The Balaban J connectivity index is 1.74. The first kappa shape index (κ1) is 17.3. The monoisotopic (exact) mass is 349 g/mol. The predicted molar refractivity (Wildman–Crippen MR) is 94.3 cm³/mol. The van der Waals surface area contributed by atoms with Crippen LogP contribution in [-0.2, 0) is 18.3 Å². The Morgan fingerprint density at radius 3 is 2.83 bits per heavy atom. The summed E-state index contributed by atoms with van der Waals surface area (Å²) in [6, 6.07) is 6.10. The Kier molecular flexibility index (Phi) is 5.76. The number of aryl methyl sites for hydroxylation is 1. The number of imidazole rings is 1. The average Bonchev–Trinajstić information content (AvgIpc) is 3.02. The van der Waals surface area contributed by atoms with Crippen molar-refractivity contribution in [2.24, 2.45) is 13.0 Å². The summed E-state index contributed by atoms with van der Waals surface area (Å²) in [4.78, 5) is 4.56. The first-order valence-electron chi connectivity index (χ1n) is 8.30. The standard InChI is InChI=1S/C18H24ClN3O2/c1-22-8-7-20-18(22)17(14-5-9-24-10-6-14)21-12-13-3-4-16(23-2)15(19)11-13/h3-4,7-8,11,14,17,21H,5-6,9-10,12H2,1-2H3/t17-/m1/s1. The molecule has 0 unspecified atom stereocenters. The summed E-state index contributed by atoms with van der Waals surface area (Å²) in [5.74, 6) is 2.29. The number of hydrogen-bond acceptors (Lipinski definition) is 4. The van der Waals surface area contributed by atoms with Crippen LogP contribution in [0.2, 0.25) is 5.02 Å². The summed E-state index contributed by atoms with van der Waals surface area (Å²) in [7, 11) is 3.67. The van der Waals surface area contributed by atoms with Gasteiger partial charge in [-0.25, -0.2) is 4.98 Å². The first-order valence-corrected chi connectivity index (χ1v) is 8.67. The van der Waals surface area contributed by atoms with E-state index in [4.69, 9.17) is 21.1 Å². The molecule has 6 heteroatoms. The zero-order valence-electron chi connectivity index (χ0n) is 14.2. The van der Waals surface area contributed by atoms with Crippen molar-refractivity contribution in [3.05, 3.63) is 47.0 Å². The fourth-order valence-corrected chi connectivity index (χ4v) is 3.52. The van der Waals surface area contributed by atoms with E-state index >= 15 is 0 Å². The van der Waals surface area contributed by atoms with E-state index in [1.807, 2.05) is 37.6 Å². The van der Waals surface area contributed by atoms with Crippen molar-refractivity contribution in [1.29, 1.82) is 0 Å². The molecule has 2 heterocycles. The van der Waals surface area contributed by atoms with Gasteiger partial charge in [0.05, 0.1) is 18.2 Å². The molecule has 130 valence electrons. The van der Waals surface area contributed by atoms with Crippen LogP contribution >= 0.6 is 11.6 Å². The molecule has 1 atom stereocenters. The second-order valence-corrected chi connectivity index (χ2v) is 6.58. The molecule has 0 saturated carbocycles. The molecular formula is C18H24ClN3O2. The predicted octanol–water partition coefficient (Wildman–Crippen LogP) is 3.34. The highest BCUT2D eigenvalue weighted by Gasteiger charge is 2.27. The van der Waals surface area contributed by atoms with E-state index in [1.54, 1.807) is 7.11 Å². The zero-order valence-corrected chi connectivity index (χ0v) is 14.9. The summed E-state index contributed by atoms with van der Waals surface area (Å²) in [6.07, 6.45) is 5.95. The smallest absolute Gasteiger partial charge is 0.137 e. The van der Waals surface area contributed by atoms with Crippen LogP contribution in [0.15, 0.2) is 30.6 Å². The lowest BCUT2D eigenvalue weighted by molar-refractivity contribution is 0.0518. The molecule has 5 nitrogen and oxygen atoms in total. The van der Waals surface area contributed by atoms with Gasteiger partial charge < -0.3 is 19.4 Å². The SMILES string of the molecule is COc1ccc(CN[C@@H](c2nccn2C)C2CCOCC2)cc1Cl. The number of hydrogen-bond donors (Lipinski definition) is 1. The molecule has 1 aromatic carbocycles. The molecule has 1 aromatic heterocycles. The van der Waals surface area contributed by atoms with Crippen molar-refractivity contribution in [3.8, 4) is 5.75 Å². The molecule has 0 aliphatic carbocycles. The van der Waals surface area contributed by atoms with Crippen LogP contribution in [0.4, 0.5) is 0 Å². The second kappa shape index (κ2) is 8.01. The zero-order chi connectivity index (χ0) is 16.9. The van der Waals surface area contributed by atoms with Crippen molar-refractivity contribution >= 4 is 11.6 Å². The van der Waals surface area contributed by atoms with Gasteiger partial charge in [-0.2, -0.15) is 0 Å². The normalized spacial score (nSPS) is 17.0. The minimum Gasteiger partial charge on any atom is -0.495 e. The van der Waals surface area contributed by atoms with Crippen LogP contribution in [0, 0.1) is 5.92 Å². The molecule has 3 rings (SSSR count). The van der Waals surface area contributed by atoms with Gasteiger partial charge in [0.15, 0.2) is 0 Å². The van der Waals surface area contributed by atoms with Crippen LogP contribution in [0.25, 0.3) is 0 Å². The van der Waals surface area contributed by atoms with Gasteiger partial charge in [0, 0.05) is 39.2 Å². The number of ether oxygens (including phenoxy) is 2. The van der Waals surface area contributed by atoms with Gasteiger partial charge in [0.25, 0.3) is 0 Å². The van der Waals surface area contributed by atoms with E-state index in [0.29, 0.717) is 16.7 Å². The maximum atomic E-state index is 6.23. The lowest BCUT2D eigenvalue weighted by Crippen LogP contribution is -2.33. The maximum absolute atomic E-state index is 6.23. The van der Waals surface area contributed by atoms with E-state index in [9.17, 15) is 0 Å². The number of nitrogens with zero attached hydrogens (tertiary/aromatic N) is 2. The molecule has 0 bridgehead atoms. The summed E-state index contributed by atoms with van der Waals surface area (Å²) in [5.41, 5.74) is 1.13. The maximum Gasteiger partial charge on any atom is 0.137 e. The van der Waals surface area contributed by atoms with Gasteiger partial charge in [-0.15, -0.1) is 0 Å². The largest absolute Gasteiger partial charge is 0.495 e. The molecule has 1 N–H and O–H groups in total. The van der Waals surface area contributed by atoms with Crippen molar-refractivity contribution in [2.75, 3.05) is 20.3 Å². The molecular weight excluding hydrogens is 326 g/mol. The minimum atomic E-state index is 0.203. The van der Waals surface area contributed by atoms with E-state index in [0.717, 1.165) is 44.0 Å². The molecule has 24 heavy (non-hydrogen) atoms. The number of benzene rings is 1.